The Morgan fingerprint density at radius 3 is 2.61 bits per heavy atom. The van der Waals surface area contributed by atoms with Gasteiger partial charge in [-0.15, -0.1) is 5.10 Å². The zero-order valence-corrected chi connectivity index (χ0v) is 22.8. The van der Waals surface area contributed by atoms with Crippen LogP contribution in [0.5, 0.6) is 5.75 Å². The van der Waals surface area contributed by atoms with Crippen LogP contribution in [-0.2, 0) is 17.9 Å². The van der Waals surface area contributed by atoms with Crippen molar-refractivity contribution in [2.45, 2.75) is 45.9 Å². The van der Waals surface area contributed by atoms with Crippen molar-refractivity contribution in [1.82, 2.24) is 15.0 Å². The van der Waals surface area contributed by atoms with E-state index in [9.17, 15) is 14.9 Å². The molecule has 0 amide bonds. The number of ether oxygens (including phenoxy) is 1. The molecule has 1 aliphatic heterocycles. The molecule has 1 aliphatic carbocycles. The number of fused-ring (bicyclic) bond motifs is 1. The fraction of sp³-hybridized carbons (Fsp3) is 0.258. The molecule has 41 heavy (non-hydrogen) atoms. The number of benzene rings is 3. The van der Waals surface area contributed by atoms with Crippen LogP contribution in [0.3, 0.4) is 0 Å². The van der Waals surface area contributed by atoms with Gasteiger partial charge in [-0.3, -0.25) is 14.9 Å². The van der Waals surface area contributed by atoms with E-state index in [2.05, 4.69) is 34.8 Å². The van der Waals surface area contributed by atoms with Gasteiger partial charge in [0, 0.05) is 29.8 Å². The molecule has 0 fully saturated rings. The summed E-state index contributed by atoms with van der Waals surface area (Å²) in [6.45, 7) is 4.91. The number of nitro benzene ring substituents is 1. The quantitative estimate of drug-likeness (QED) is 0.211. The minimum absolute atomic E-state index is 0.0485. The third-order valence-corrected chi connectivity index (χ3v) is 7.38. The summed E-state index contributed by atoms with van der Waals surface area (Å²) >= 11 is 0. The zero-order valence-electron chi connectivity index (χ0n) is 22.8. The van der Waals surface area contributed by atoms with Gasteiger partial charge in [0.1, 0.15) is 18.1 Å². The minimum Gasteiger partial charge on any atom is -0.487 e. The Balaban J connectivity index is 1.20. The Hall–Kier alpha value is -4.99. The van der Waals surface area contributed by atoms with Crippen molar-refractivity contribution in [3.05, 3.63) is 117 Å². The predicted octanol–water partition coefficient (Wildman–Crippen LogP) is 6.04. The maximum atomic E-state index is 13.5. The Morgan fingerprint density at radius 2 is 1.83 bits per heavy atom. The molecule has 0 spiro atoms. The molecule has 0 radical (unpaired) electrons. The van der Waals surface area contributed by atoms with Gasteiger partial charge < -0.3 is 15.4 Å². The van der Waals surface area contributed by atoms with E-state index >= 15 is 0 Å². The van der Waals surface area contributed by atoms with E-state index in [4.69, 9.17) is 4.74 Å². The first kappa shape index (κ1) is 26.2. The summed E-state index contributed by atoms with van der Waals surface area (Å²) in [5.41, 5.74) is 6.02. The van der Waals surface area contributed by atoms with Gasteiger partial charge in [0.25, 0.3) is 5.69 Å². The number of nitrogens with one attached hydrogen (secondary N) is 2. The van der Waals surface area contributed by atoms with Crippen LogP contribution < -0.4 is 15.4 Å². The van der Waals surface area contributed by atoms with Crippen LogP contribution in [0.25, 0.3) is 0 Å². The van der Waals surface area contributed by atoms with Gasteiger partial charge in [-0.2, -0.15) is 0 Å². The second-order valence-electron chi connectivity index (χ2n) is 11.3. The van der Waals surface area contributed by atoms with Gasteiger partial charge in [0.15, 0.2) is 5.78 Å². The van der Waals surface area contributed by atoms with Crippen molar-refractivity contribution in [3.63, 3.8) is 0 Å². The number of nitro groups is 1. The number of ketones is 1. The summed E-state index contributed by atoms with van der Waals surface area (Å²) < 4.78 is 7.76. The highest BCUT2D eigenvalue weighted by Crippen LogP contribution is 2.45. The number of hydrogen-bond acceptors (Lipinski definition) is 8. The maximum Gasteiger partial charge on any atom is 0.269 e. The van der Waals surface area contributed by atoms with Crippen molar-refractivity contribution < 1.29 is 14.5 Å². The molecule has 2 aliphatic rings. The Bertz CT molecular complexity index is 1660. The van der Waals surface area contributed by atoms with Crippen LogP contribution in [0.15, 0.2) is 90.3 Å². The average Bonchev–Trinajstić information content (AvgIpc) is 3.31. The number of anilines is 2. The summed E-state index contributed by atoms with van der Waals surface area (Å²) in [5, 5.41) is 26.4. The lowest BCUT2D eigenvalue weighted by Gasteiger charge is -2.34. The van der Waals surface area contributed by atoms with Crippen molar-refractivity contribution in [2.75, 3.05) is 10.6 Å². The van der Waals surface area contributed by atoms with Gasteiger partial charge >= 0.3 is 0 Å². The number of Topliss-reactive ketones (excluding diaryl/α,β-unsaturated/α-hetero) is 1. The Labute approximate surface area is 237 Å². The van der Waals surface area contributed by atoms with Crippen LogP contribution in [0, 0.1) is 15.5 Å². The number of carbonyl (C=O) groups is 1. The van der Waals surface area contributed by atoms with Crippen molar-refractivity contribution in [1.29, 1.82) is 0 Å². The van der Waals surface area contributed by atoms with E-state index in [1.54, 1.807) is 23.0 Å². The molecule has 3 aromatic carbocycles. The van der Waals surface area contributed by atoms with Crippen LogP contribution in [0.1, 0.15) is 49.6 Å². The van der Waals surface area contributed by atoms with Gasteiger partial charge in [-0.05, 0) is 47.2 Å². The first-order valence-electron chi connectivity index (χ1n) is 13.5. The van der Waals surface area contributed by atoms with Crippen molar-refractivity contribution in [2.24, 2.45) is 5.41 Å². The van der Waals surface area contributed by atoms with Gasteiger partial charge in [0.2, 0.25) is 0 Å². The summed E-state index contributed by atoms with van der Waals surface area (Å²) in [4.78, 5) is 23.9. The van der Waals surface area contributed by atoms with Gasteiger partial charge in [0.05, 0.1) is 35.1 Å². The second kappa shape index (κ2) is 10.5. The van der Waals surface area contributed by atoms with Crippen molar-refractivity contribution in [3.8, 4) is 5.75 Å². The van der Waals surface area contributed by atoms with E-state index in [0.717, 1.165) is 40.2 Å². The zero-order chi connectivity index (χ0) is 28.6. The molecule has 0 saturated carbocycles. The number of rotatable bonds is 7. The lowest BCUT2D eigenvalue weighted by Crippen LogP contribution is -2.31. The number of aromatic nitrogens is 3. The number of para-hydroxylation sites is 2. The highest BCUT2D eigenvalue weighted by Gasteiger charge is 2.38. The standard InChI is InChI=1S/C31H30N6O4/c1-31(2)15-27-29(28(38)16-31)30(33-26-9-4-3-8-25(26)32-27)21-6-5-7-24(14-21)41-19-22-18-36(35-34-22)17-20-10-12-23(13-11-20)37(39)40/h3-14,18,30,32-33H,15-17,19H2,1-2H3. The molecule has 0 bridgehead atoms. The van der Waals surface area contributed by atoms with E-state index < -0.39 is 4.92 Å². The van der Waals surface area contributed by atoms with Crippen LogP contribution in [-0.4, -0.2) is 25.7 Å². The lowest BCUT2D eigenvalue weighted by atomic mass is 9.73. The average molecular weight is 551 g/mol. The van der Waals surface area contributed by atoms with Crippen LogP contribution in [0.4, 0.5) is 17.1 Å². The third-order valence-electron chi connectivity index (χ3n) is 7.38. The van der Waals surface area contributed by atoms with Crippen LogP contribution in [0.2, 0.25) is 0 Å². The third kappa shape index (κ3) is 5.67. The summed E-state index contributed by atoms with van der Waals surface area (Å²) in [6, 6.07) is 21.8. The number of nitrogens with zero attached hydrogens (tertiary/aromatic N) is 4. The molecule has 2 heterocycles. The summed E-state index contributed by atoms with van der Waals surface area (Å²) in [6.07, 6.45) is 3.07. The molecule has 1 unspecified atom stereocenters. The molecule has 10 nitrogen and oxygen atoms in total. The van der Waals surface area contributed by atoms with E-state index in [-0.39, 0.29) is 29.5 Å². The predicted molar refractivity (Wildman–Crippen MR) is 154 cm³/mol. The molecule has 2 N–H and O–H groups in total. The molecular formula is C31H30N6O4. The number of allylic oxidation sites excluding steroid dienone is 1. The fourth-order valence-corrected chi connectivity index (χ4v) is 5.47. The molecule has 10 heteroatoms. The molecule has 4 aromatic rings. The molecule has 208 valence electrons. The van der Waals surface area contributed by atoms with Gasteiger partial charge in [-0.25, -0.2) is 4.68 Å². The van der Waals surface area contributed by atoms with Crippen LogP contribution >= 0.6 is 0 Å². The number of hydrogen-bond donors (Lipinski definition) is 2. The lowest BCUT2D eigenvalue weighted by molar-refractivity contribution is -0.384. The fourth-order valence-electron chi connectivity index (χ4n) is 5.47. The van der Waals surface area contributed by atoms with E-state index in [1.165, 1.54) is 12.1 Å². The topological polar surface area (TPSA) is 124 Å². The summed E-state index contributed by atoms with van der Waals surface area (Å²) in [5.74, 6) is 0.801. The maximum absolute atomic E-state index is 13.5. The number of non-ortho nitro benzene ring substituents is 1. The largest absolute Gasteiger partial charge is 0.487 e. The smallest absolute Gasteiger partial charge is 0.269 e. The molecule has 0 saturated heterocycles. The first-order valence-corrected chi connectivity index (χ1v) is 13.5. The normalized spacial score (nSPS) is 17.5. The molecule has 1 atom stereocenters. The summed E-state index contributed by atoms with van der Waals surface area (Å²) in [7, 11) is 0. The van der Waals surface area contributed by atoms with E-state index in [1.807, 2.05) is 48.5 Å². The Morgan fingerprint density at radius 1 is 1.05 bits per heavy atom. The molecule has 6 rings (SSSR count). The second-order valence-corrected chi connectivity index (χ2v) is 11.3. The first-order chi connectivity index (χ1) is 19.7. The highest BCUT2D eigenvalue weighted by atomic mass is 16.6. The molecular weight excluding hydrogens is 520 g/mol. The van der Waals surface area contributed by atoms with Crippen molar-refractivity contribution >= 4 is 22.8 Å². The minimum atomic E-state index is -0.422. The number of carbonyl (C=O) groups excluding carboxylic acids is 1. The van der Waals surface area contributed by atoms with Gasteiger partial charge in [-0.1, -0.05) is 55.5 Å². The Kier molecular flexibility index (Phi) is 6.74. The monoisotopic (exact) mass is 550 g/mol. The SMILES string of the molecule is CC1(C)CC(=O)C2=C(C1)Nc1ccccc1NC2c1cccc(OCc2cn(Cc3ccc([N+](=O)[O-])cc3)nn2)c1. The van der Waals surface area contributed by atoms with E-state index in [0.29, 0.717) is 24.4 Å². The highest BCUT2D eigenvalue weighted by molar-refractivity contribution is 6.01. The molecule has 1 aromatic heterocycles.